The minimum atomic E-state index is -3.38. The standard InChI is InChI=1S/C22H31N5O4S/c1-14(2)32(29,30)17-8-6-15(7-9-17)18-13-25-19(23)20(26-18)27(16-10-11-24-12-16)21(28)31-22(3,4)5/h6-9,13-14,16,24H,10-12H2,1-5H3,(H2,23,25). The summed E-state index contributed by atoms with van der Waals surface area (Å²) >= 11 is 0. The Morgan fingerprint density at radius 2 is 1.91 bits per heavy atom. The summed E-state index contributed by atoms with van der Waals surface area (Å²) in [5.74, 6) is 0.342. The van der Waals surface area contributed by atoms with Gasteiger partial charge in [-0.25, -0.2) is 23.2 Å². The molecule has 0 bridgehead atoms. The number of hydrogen-bond acceptors (Lipinski definition) is 8. The molecule has 1 atom stereocenters. The van der Waals surface area contributed by atoms with Crippen LogP contribution in [0.2, 0.25) is 0 Å². The third-order valence-corrected chi connectivity index (χ3v) is 7.27. The van der Waals surface area contributed by atoms with Crippen LogP contribution in [0.4, 0.5) is 16.4 Å². The number of ether oxygens (including phenoxy) is 1. The number of amides is 1. The SMILES string of the molecule is CC(C)S(=O)(=O)c1ccc(-c2cnc(N)c(N(C(=O)OC(C)(C)C)C3CCNC3)n2)cc1. The number of carbonyl (C=O) groups excluding carboxylic acids is 1. The van der Waals surface area contributed by atoms with Crippen LogP contribution in [0.25, 0.3) is 11.3 Å². The van der Waals surface area contributed by atoms with Crippen LogP contribution in [0.15, 0.2) is 35.4 Å². The van der Waals surface area contributed by atoms with Crippen LogP contribution in [0.5, 0.6) is 0 Å². The molecule has 3 N–H and O–H groups in total. The van der Waals surface area contributed by atoms with Gasteiger partial charge in [0.05, 0.1) is 28.1 Å². The molecule has 32 heavy (non-hydrogen) atoms. The van der Waals surface area contributed by atoms with Gasteiger partial charge in [0.25, 0.3) is 0 Å². The van der Waals surface area contributed by atoms with Crippen LogP contribution < -0.4 is 16.0 Å². The van der Waals surface area contributed by atoms with E-state index < -0.39 is 26.8 Å². The number of hydrogen-bond donors (Lipinski definition) is 2. The molecule has 1 amide bonds. The number of nitrogens with one attached hydrogen (secondary N) is 1. The molecule has 10 heteroatoms. The van der Waals surface area contributed by atoms with Crippen molar-refractivity contribution in [2.75, 3.05) is 23.7 Å². The Kier molecular flexibility index (Phi) is 6.75. The number of carbonyl (C=O) groups is 1. The van der Waals surface area contributed by atoms with E-state index in [2.05, 4.69) is 15.3 Å². The average molecular weight is 462 g/mol. The summed E-state index contributed by atoms with van der Waals surface area (Å²) in [6.45, 7) is 10.0. The van der Waals surface area contributed by atoms with Gasteiger partial charge in [0.1, 0.15) is 5.60 Å². The van der Waals surface area contributed by atoms with Gasteiger partial charge in [-0.1, -0.05) is 12.1 Å². The topological polar surface area (TPSA) is 128 Å². The van der Waals surface area contributed by atoms with Crippen molar-refractivity contribution in [2.24, 2.45) is 0 Å². The van der Waals surface area contributed by atoms with E-state index in [0.29, 0.717) is 17.8 Å². The highest BCUT2D eigenvalue weighted by atomic mass is 32.2. The van der Waals surface area contributed by atoms with E-state index >= 15 is 0 Å². The first-order valence-electron chi connectivity index (χ1n) is 10.6. The number of nitrogens with two attached hydrogens (primary N) is 1. The first kappa shape index (κ1) is 23.9. The Labute approximate surface area is 189 Å². The first-order chi connectivity index (χ1) is 14.9. The fourth-order valence-electron chi connectivity index (χ4n) is 3.37. The molecule has 0 radical (unpaired) electrons. The lowest BCUT2D eigenvalue weighted by Crippen LogP contribution is -2.45. The van der Waals surface area contributed by atoms with Crippen molar-refractivity contribution in [3.8, 4) is 11.3 Å². The molecule has 2 heterocycles. The van der Waals surface area contributed by atoms with Crippen molar-refractivity contribution in [1.82, 2.24) is 15.3 Å². The smallest absolute Gasteiger partial charge is 0.416 e. The van der Waals surface area contributed by atoms with Gasteiger partial charge < -0.3 is 15.8 Å². The van der Waals surface area contributed by atoms with Crippen molar-refractivity contribution < 1.29 is 17.9 Å². The highest BCUT2D eigenvalue weighted by Gasteiger charge is 2.34. The molecular formula is C22H31N5O4S. The van der Waals surface area contributed by atoms with Crippen LogP contribution in [-0.4, -0.2) is 54.5 Å². The van der Waals surface area contributed by atoms with Gasteiger partial charge >= 0.3 is 6.09 Å². The predicted octanol–water partition coefficient (Wildman–Crippen LogP) is 3.01. The van der Waals surface area contributed by atoms with Gasteiger partial charge in [-0.15, -0.1) is 0 Å². The second-order valence-electron chi connectivity index (χ2n) is 9.08. The lowest BCUT2D eigenvalue weighted by molar-refractivity contribution is 0.0566. The summed E-state index contributed by atoms with van der Waals surface area (Å²) in [5, 5.41) is 2.72. The third-order valence-electron chi connectivity index (χ3n) is 5.10. The summed E-state index contributed by atoms with van der Waals surface area (Å²) in [7, 11) is -3.38. The molecule has 0 saturated carbocycles. The molecule has 1 aliphatic heterocycles. The van der Waals surface area contributed by atoms with Gasteiger partial charge in [0.15, 0.2) is 21.5 Å². The van der Waals surface area contributed by atoms with E-state index in [4.69, 9.17) is 10.5 Å². The molecule has 3 rings (SSSR count). The van der Waals surface area contributed by atoms with E-state index in [0.717, 1.165) is 13.0 Å². The largest absolute Gasteiger partial charge is 0.443 e. The summed E-state index contributed by atoms with van der Waals surface area (Å²) in [6.07, 6.45) is 1.69. The number of benzene rings is 1. The zero-order valence-corrected chi connectivity index (χ0v) is 19.9. The van der Waals surface area contributed by atoms with Crippen LogP contribution in [0, 0.1) is 0 Å². The fourth-order valence-corrected chi connectivity index (χ4v) is 4.43. The summed E-state index contributed by atoms with van der Waals surface area (Å²) in [6, 6.07) is 6.28. The second kappa shape index (κ2) is 9.03. The molecule has 1 aromatic heterocycles. The van der Waals surface area contributed by atoms with E-state index in [1.165, 1.54) is 11.1 Å². The van der Waals surface area contributed by atoms with Crippen molar-refractivity contribution in [3.05, 3.63) is 30.5 Å². The molecule has 9 nitrogen and oxygen atoms in total. The highest BCUT2D eigenvalue weighted by Crippen LogP contribution is 2.29. The maximum atomic E-state index is 13.1. The van der Waals surface area contributed by atoms with Crippen molar-refractivity contribution >= 4 is 27.6 Å². The number of nitrogens with zero attached hydrogens (tertiary/aromatic N) is 3. The Balaban J connectivity index is 2.00. The summed E-state index contributed by atoms with van der Waals surface area (Å²) < 4.78 is 30.4. The minimum Gasteiger partial charge on any atom is -0.443 e. The van der Waals surface area contributed by atoms with Crippen molar-refractivity contribution in [1.29, 1.82) is 0 Å². The lowest BCUT2D eigenvalue weighted by Gasteiger charge is -2.31. The van der Waals surface area contributed by atoms with Crippen molar-refractivity contribution in [2.45, 2.75) is 62.8 Å². The number of sulfone groups is 1. The molecule has 174 valence electrons. The average Bonchev–Trinajstić information content (AvgIpc) is 3.22. The maximum Gasteiger partial charge on any atom is 0.416 e. The number of aromatic nitrogens is 2. The number of rotatable bonds is 5. The van der Waals surface area contributed by atoms with Gasteiger partial charge in [-0.2, -0.15) is 0 Å². The number of nitrogen functional groups attached to an aromatic ring is 1. The Morgan fingerprint density at radius 3 is 2.44 bits per heavy atom. The first-order valence-corrected chi connectivity index (χ1v) is 12.1. The molecule has 1 aliphatic rings. The molecule has 2 aromatic rings. The highest BCUT2D eigenvalue weighted by molar-refractivity contribution is 7.92. The molecule has 1 unspecified atom stereocenters. The maximum absolute atomic E-state index is 13.1. The van der Waals surface area contributed by atoms with Crippen LogP contribution in [0.1, 0.15) is 41.0 Å². The fraction of sp³-hybridized carbons (Fsp3) is 0.500. The van der Waals surface area contributed by atoms with E-state index in [-0.39, 0.29) is 22.6 Å². The predicted molar refractivity (Wildman–Crippen MR) is 124 cm³/mol. The minimum absolute atomic E-state index is 0.116. The molecule has 0 aliphatic carbocycles. The summed E-state index contributed by atoms with van der Waals surface area (Å²) in [5.41, 5.74) is 6.58. The second-order valence-corrected chi connectivity index (χ2v) is 11.6. The monoisotopic (exact) mass is 461 g/mol. The van der Waals surface area contributed by atoms with Gasteiger partial charge in [0.2, 0.25) is 0 Å². The lowest BCUT2D eigenvalue weighted by atomic mass is 10.1. The van der Waals surface area contributed by atoms with Crippen LogP contribution in [0.3, 0.4) is 0 Å². The zero-order valence-electron chi connectivity index (χ0n) is 19.1. The Bertz CT molecular complexity index is 1070. The van der Waals surface area contributed by atoms with E-state index in [9.17, 15) is 13.2 Å². The number of anilines is 2. The van der Waals surface area contributed by atoms with Gasteiger partial charge in [-0.3, -0.25) is 4.90 Å². The zero-order chi connectivity index (χ0) is 23.7. The van der Waals surface area contributed by atoms with Crippen LogP contribution >= 0.6 is 0 Å². The molecular weight excluding hydrogens is 430 g/mol. The molecule has 1 saturated heterocycles. The molecule has 1 aromatic carbocycles. The quantitative estimate of drug-likeness (QED) is 0.695. The molecule has 1 fully saturated rings. The molecule has 0 spiro atoms. The van der Waals surface area contributed by atoms with Gasteiger partial charge in [0, 0.05) is 12.1 Å². The van der Waals surface area contributed by atoms with E-state index in [1.807, 2.05) is 0 Å². The van der Waals surface area contributed by atoms with Crippen LogP contribution in [-0.2, 0) is 14.6 Å². The Morgan fingerprint density at radius 1 is 1.25 bits per heavy atom. The third kappa shape index (κ3) is 5.18. The summed E-state index contributed by atoms with van der Waals surface area (Å²) in [4.78, 5) is 23.6. The normalized spacial score (nSPS) is 16.9. The van der Waals surface area contributed by atoms with E-state index in [1.54, 1.807) is 58.9 Å². The Hall–Kier alpha value is -2.72. The van der Waals surface area contributed by atoms with Gasteiger partial charge in [-0.05, 0) is 59.7 Å². The van der Waals surface area contributed by atoms with Crippen molar-refractivity contribution in [3.63, 3.8) is 0 Å².